The Morgan fingerprint density at radius 1 is 1.35 bits per heavy atom. The lowest BCUT2D eigenvalue weighted by atomic mass is 10.1. The number of aromatic nitrogens is 1. The zero-order valence-electron chi connectivity index (χ0n) is 14.6. The maximum absolute atomic E-state index is 12.5. The zero-order chi connectivity index (χ0) is 17.1. The van der Waals surface area contributed by atoms with Gasteiger partial charge in [-0.25, -0.2) is 0 Å². The first kappa shape index (κ1) is 17.7. The Hall–Kier alpha value is -1.66. The van der Waals surface area contributed by atoms with Gasteiger partial charge in [0.1, 0.15) is 5.56 Å². The van der Waals surface area contributed by atoms with E-state index in [0.717, 1.165) is 18.8 Å². The second-order valence-electron chi connectivity index (χ2n) is 6.49. The molecular formula is C17H27N3O3. The van der Waals surface area contributed by atoms with Crippen LogP contribution in [0.25, 0.3) is 0 Å². The lowest BCUT2D eigenvalue weighted by molar-refractivity contribution is 0.0513. The minimum absolute atomic E-state index is 0.0345. The molecule has 1 N–H and O–H groups in total. The Labute approximate surface area is 137 Å². The highest BCUT2D eigenvalue weighted by molar-refractivity contribution is 5.94. The highest BCUT2D eigenvalue weighted by Gasteiger charge is 2.33. The number of rotatable bonds is 5. The van der Waals surface area contributed by atoms with E-state index in [4.69, 9.17) is 4.74 Å². The van der Waals surface area contributed by atoms with Crippen LogP contribution in [0.4, 0.5) is 0 Å². The quantitative estimate of drug-likeness (QED) is 0.877. The van der Waals surface area contributed by atoms with Crippen molar-refractivity contribution in [2.24, 2.45) is 7.05 Å². The van der Waals surface area contributed by atoms with Crippen molar-refractivity contribution in [2.45, 2.75) is 38.8 Å². The summed E-state index contributed by atoms with van der Waals surface area (Å²) in [5.41, 5.74) is 0.842. The lowest BCUT2D eigenvalue weighted by Gasteiger charge is -2.20. The van der Waals surface area contributed by atoms with Crippen molar-refractivity contribution in [3.05, 3.63) is 33.7 Å². The van der Waals surface area contributed by atoms with Crippen molar-refractivity contribution in [1.82, 2.24) is 14.8 Å². The van der Waals surface area contributed by atoms with E-state index in [1.807, 2.05) is 33.9 Å². The SMILES string of the molecule is CCO[C@@H]1CN(C)C[C@H]1NC(=O)c1ccc(C(C)C)n(C)c1=O. The second kappa shape index (κ2) is 7.27. The minimum atomic E-state index is -0.328. The van der Waals surface area contributed by atoms with Gasteiger partial charge in [-0.05, 0) is 32.0 Å². The third kappa shape index (κ3) is 3.82. The van der Waals surface area contributed by atoms with Gasteiger partial charge in [-0.15, -0.1) is 0 Å². The van der Waals surface area contributed by atoms with Crippen LogP contribution in [0.5, 0.6) is 0 Å². The van der Waals surface area contributed by atoms with E-state index in [0.29, 0.717) is 6.61 Å². The second-order valence-corrected chi connectivity index (χ2v) is 6.49. The van der Waals surface area contributed by atoms with Crippen LogP contribution in [0, 0.1) is 0 Å². The maximum atomic E-state index is 12.5. The number of nitrogens with zero attached hydrogens (tertiary/aromatic N) is 2. The van der Waals surface area contributed by atoms with Crippen LogP contribution in [0.1, 0.15) is 42.7 Å². The minimum Gasteiger partial charge on any atom is -0.375 e. The molecule has 0 unspecified atom stereocenters. The first-order chi connectivity index (χ1) is 10.8. The van der Waals surface area contributed by atoms with E-state index in [1.165, 1.54) is 0 Å². The highest BCUT2D eigenvalue weighted by Crippen LogP contribution is 2.14. The summed E-state index contributed by atoms with van der Waals surface area (Å²) < 4.78 is 7.24. The van der Waals surface area contributed by atoms with E-state index >= 15 is 0 Å². The summed E-state index contributed by atoms with van der Waals surface area (Å²) in [6.45, 7) is 8.10. The van der Waals surface area contributed by atoms with E-state index < -0.39 is 0 Å². The molecule has 6 nitrogen and oxygen atoms in total. The molecule has 1 aliphatic rings. The first-order valence-corrected chi connectivity index (χ1v) is 8.16. The van der Waals surface area contributed by atoms with Crippen molar-refractivity contribution >= 4 is 5.91 Å². The Morgan fingerprint density at radius 2 is 2.04 bits per heavy atom. The number of ether oxygens (including phenoxy) is 1. The van der Waals surface area contributed by atoms with E-state index in [9.17, 15) is 9.59 Å². The van der Waals surface area contributed by atoms with Crippen LogP contribution < -0.4 is 10.9 Å². The Balaban J connectivity index is 2.18. The molecule has 1 amide bonds. The molecule has 0 saturated carbocycles. The van der Waals surface area contributed by atoms with Gasteiger partial charge in [-0.3, -0.25) is 9.59 Å². The van der Waals surface area contributed by atoms with Gasteiger partial charge in [0.15, 0.2) is 0 Å². The summed E-state index contributed by atoms with van der Waals surface area (Å²) in [5.74, 6) is -0.0958. The molecule has 2 rings (SSSR count). The standard InChI is InChI=1S/C17H27N3O3/c1-6-23-15-10-19(4)9-13(15)18-16(21)12-7-8-14(11(2)3)20(5)17(12)22/h7-8,11,13,15H,6,9-10H2,1-5H3,(H,18,21)/t13-,15-/m1/s1. The smallest absolute Gasteiger partial charge is 0.263 e. The largest absolute Gasteiger partial charge is 0.375 e. The van der Waals surface area contributed by atoms with Crippen molar-refractivity contribution in [3.8, 4) is 0 Å². The number of likely N-dealkylation sites (N-methyl/N-ethyl adjacent to an activating group) is 1. The topological polar surface area (TPSA) is 63.6 Å². The summed E-state index contributed by atoms with van der Waals surface area (Å²) in [6.07, 6.45) is -0.0345. The number of carbonyl (C=O) groups excluding carboxylic acids is 1. The summed E-state index contributed by atoms with van der Waals surface area (Å²) in [4.78, 5) is 27.1. The average molecular weight is 321 g/mol. The summed E-state index contributed by atoms with van der Waals surface area (Å²) >= 11 is 0. The molecule has 0 radical (unpaired) electrons. The number of carbonyl (C=O) groups is 1. The Bertz CT molecular complexity index is 624. The molecule has 0 bridgehead atoms. The van der Waals surface area contributed by atoms with Gasteiger partial charge in [-0.1, -0.05) is 13.8 Å². The van der Waals surface area contributed by atoms with E-state index in [2.05, 4.69) is 10.2 Å². The van der Waals surface area contributed by atoms with Crippen LogP contribution in [0.2, 0.25) is 0 Å². The molecule has 6 heteroatoms. The number of amides is 1. The zero-order valence-corrected chi connectivity index (χ0v) is 14.6. The van der Waals surface area contributed by atoms with Gasteiger partial charge >= 0.3 is 0 Å². The summed E-state index contributed by atoms with van der Waals surface area (Å²) in [6, 6.07) is 3.38. The summed E-state index contributed by atoms with van der Waals surface area (Å²) in [7, 11) is 3.70. The molecule has 0 aromatic carbocycles. The average Bonchev–Trinajstić information content (AvgIpc) is 2.81. The molecule has 1 fully saturated rings. The fraction of sp³-hybridized carbons (Fsp3) is 0.647. The van der Waals surface area contributed by atoms with Crippen LogP contribution in [0.3, 0.4) is 0 Å². The van der Waals surface area contributed by atoms with Gasteiger partial charge in [0.25, 0.3) is 11.5 Å². The molecular weight excluding hydrogens is 294 g/mol. The van der Waals surface area contributed by atoms with Crippen LogP contribution in [0.15, 0.2) is 16.9 Å². The molecule has 128 valence electrons. The van der Waals surface area contributed by atoms with Gasteiger partial charge in [0.2, 0.25) is 0 Å². The molecule has 1 aromatic heterocycles. The third-order valence-corrected chi connectivity index (χ3v) is 4.33. The number of nitrogens with one attached hydrogen (secondary N) is 1. The van der Waals surface area contributed by atoms with Gasteiger partial charge in [0.05, 0.1) is 12.1 Å². The fourth-order valence-corrected chi connectivity index (χ4v) is 3.13. The van der Waals surface area contributed by atoms with Crippen LogP contribution in [-0.2, 0) is 11.8 Å². The molecule has 2 atom stereocenters. The van der Waals surface area contributed by atoms with Crippen molar-refractivity contribution in [3.63, 3.8) is 0 Å². The predicted molar refractivity (Wildman–Crippen MR) is 89.9 cm³/mol. The van der Waals surface area contributed by atoms with Crippen molar-refractivity contribution < 1.29 is 9.53 Å². The van der Waals surface area contributed by atoms with Crippen LogP contribution in [-0.4, -0.2) is 54.3 Å². The van der Waals surface area contributed by atoms with Gasteiger partial charge in [-0.2, -0.15) is 0 Å². The van der Waals surface area contributed by atoms with Gasteiger partial charge in [0, 0.05) is 32.4 Å². The Morgan fingerprint density at radius 3 is 2.65 bits per heavy atom. The number of hydrogen-bond acceptors (Lipinski definition) is 4. The molecule has 1 aliphatic heterocycles. The lowest BCUT2D eigenvalue weighted by Crippen LogP contribution is -2.45. The van der Waals surface area contributed by atoms with Crippen molar-refractivity contribution in [1.29, 1.82) is 0 Å². The third-order valence-electron chi connectivity index (χ3n) is 4.33. The van der Waals surface area contributed by atoms with E-state index in [1.54, 1.807) is 17.7 Å². The fourth-order valence-electron chi connectivity index (χ4n) is 3.13. The normalized spacial score (nSPS) is 21.8. The maximum Gasteiger partial charge on any atom is 0.263 e. The predicted octanol–water partition coefficient (Wildman–Crippen LogP) is 0.958. The van der Waals surface area contributed by atoms with Gasteiger partial charge < -0.3 is 19.5 Å². The van der Waals surface area contributed by atoms with E-state index in [-0.39, 0.29) is 35.1 Å². The molecule has 1 saturated heterocycles. The molecule has 23 heavy (non-hydrogen) atoms. The molecule has 2 heterocycles. The number of likely N-dealkylation sites (tertiary alicyclic amines) is 1. The first-order valence-electron chi connectivity index (χ1n) is 8.16. The summed E-state index contributed by atoms with van der Waals surface area (Å²) in [5, 5.41) is 2.96. The monoisotopic (exact) mass is 321 g/mol. The number of pyridine rings is 1. The highest BCUT2D eigenvalue weighted by atomic mass is 16.5. The van der Waals surface area contributed by atoms with Crippen LogP contribution >= 0.6 is 0 Å². The Kier molecular flexibility index (Phi) is 5.59. The van der Waals surface area contributed by atoms with Crippen molar-refractivity contribution in [2.75, 3.05) is 26.7 Å². The molecule has 0 aliphatic carbocycles. The number of hydrogen-bond donors (Lipinski definition) is 1. The molecule has 1 aromatic rings. The molecule has 0 spiro atoms.